The molecule has 0 bridgehead atoms. The van der Waals surface area contributed by atoms with Crippen molar-refractivity contribution in [2.45, 2.75) is 13.3 Å². The minimum Gasteiger partial charge on any atom is -0.442 e. The fourth-order valence-electron chi connectivity index (χ4n) is 1.02. The van der Waals surface area contributed by atoms with Gasteiger partial charge in [0.15, 0.2) is 5.88 Å². The molecule has 0 radical (unpaired) electrons. The molecule has 1 rings (SSSR count). The van der Waals surface area contributed by atoms with Gasteiger partial charge in [-0.3, -0.25) is 0 Å². The maximum atomic E-state index is 5.51. The molecule has 0 unspecified atom stereocenters. The molecule has 0 aliphatic rings. The molecule has 1 aromatic rings. The van der Waals surface area contributed by atoms with Crippen LogP contribution in [-0.4, -0.2) is 19.0 Å². The van der Waals surface area contributed by atoms with E-state index in [1.54, 1.807) is 0 Å². The highest BCUT2D eigenvalue weighted by molar-refractivity contribution is 5.28. The second-order valence-electron chi connectivity index (χ2n) is 3.39. The SMILES string of the molecule is C=C(Oc1ccc(CC)cc1)N(C)C. The number of aryl methyl sites for hydroxylation is 1. The zero-order chi connectivity index (χ0) is 10.6. The lowest BCUT2D eigenvalue weighted by Gasteiger charge is -2.16. The van der Waals surface area contributed by atoms with Crippen molar-refractivity contribution < 1.29 is 4.74 Å². The molecule has 0 aromatic heterocycles. The van der Waals surface area contributed by atoms with Crippen LogP contribution < -0.4 is 4.74 Å². The summed E-state index contributed by atoms with van der Waals surface area (Å²) in [6.07, 6.45) is 1.05. The van der Waals surface area contributed by atoms with Crippen LogP contribution >= 0.6 is 0 Å². The number of nitrogens with zero attached hydrogens (tertiary/aromatic N) is 1. The van der Waals surface area contributed by atoms with Crippen molar-refractivity contribution in [2.24, 2.45) is 0 Å². The zero-order valence-electron chi connectivity index (χ0n) is 9.08. The van der Waals surface area contributed by atoms with E-state index in [9.17, 15) is 0 Å². The lowest BCUT2D eigenvalue weighted by Crippen LogP contribution is -2.14. The minimum absolute atomic E-state index is 0.647. The van der Waals surface area contributed by atoms with E-state index in [1.165, 1.54) is 5.56 Å². The Balaban J connectivity index is 2.64. The Hall–Kier alpha value is -1.44. The van der Waals surface area contributed by atoms with Crippen LogP contribution in [0.1, 0.15) is 12.5 Å². The number of ether oxygens (including phenoxy) is 1. The molecular formula is C12H17NO. The van der Waals surface area contributed by atoms with Crippen molar-refractivity contribution in [3.05, 3.63) is 42.3 Å². The molecule has 0 aliphatic heterocycles. The average molecular weight is 191 g/mol. The van der Waals surface area contributed by atoms with Crippen LogP contribution in [0.15, 0.2) is 36.7 Å². The first kappa shape index (κ1) is 10.6. The highest BCUT2D eigenvalue weighted by atomic mass is 16.5. The minimum atomic E-state index is 0.647. The summed E-state index contributed by atoms with van der Waals surface area (Å²) in [5.41, 5.74) is 1.31. The van der Waals surface area contributed by atoms with Gasteiger partial charge in [0.05, 0.1) is 0 Å². The van der Waals surface area contributed by atoms with E-state index in [0.29, 0.717) is 5.88 Å². The fourth-order valence-corrected chi connectivity index (χ4v) is 1.02. The molecule has 0 aliphatic carbocycles. The maximum Gasteiger partial charge on any atom is 0.188 e. The molecule has 0 saturated heterocycles. The summed E-state index contributed by atoms with van der Waals surface area (Å²) >= 11 is 0. The number of rotatable bonds is 4. The quantitative estimate of drug-likeness (QED) is 0.678. The van der Waals surface area contributed by atoms with Gasteiger partial charge in [-0.05, 0) is 30.7 Å². The standard InChI is InChI=1S/C12H17NO/c1-5-11-6-8-12(9-7-11)14-10(2)13(3)4/h6-9H,2,5H2,1,3-4H3. The molecule has 0 N–H and O–H groups in total. The average Bonchev–Trinajstić information content (AvgIpc) is 2.19. The topological polar surface area (TPSA) is 12.5 Å². The van der Waals surface area contributed by atoms with Crippen LogP contribution in [-0.2, 0) is 6.42 Å². The third-order valence-electron chi connectivity index (χ3n) is 2.07. The largest absolute Gasteiger partial charge is 0.442 e. The van der Waals surface area contributed by atoms with E-state index >= 15 is 0 Å². The molecule has 76 valence electrons. The summed E-state index contributed by atoms with van der Waals surface area (Å²) in [4.78, 5) is 1.84. The summed E-state index contributed by atoms with van der Waals surface area (Å²) < 4.78 is 5.51. The van der Waals surface area contributed by atoms with Crippen LogP contribution in [0, 0.1) is 0 Å². The van der Waals surface area contributed by atoms with E-state index in [0.717, 1.165) is 12.2 Å². The van der Waals surface area contributed by atoms with Gasteiger partial charge in [-0.1, -0.05) is 19.1 Å². The molecule has 2 heteroatoms. The number of benzene rings is 1. The Morgan fingerprint density at radius 2 is 1.86 bits per heavy atom. The Bertz CT molecular complexity index is 301. The maximum absolute atomic E-state index is 5.51. The third kappa shape index (κ3) is 2.80. The second kappa shape index (κ2) is 4.70. The van der Waals surface area contributed by atoms with Crippen LogP contribution in [0.3, 0.4) is 0 Å². The Morgan fingerprint density at radius 1 is 1.29 bits per heavy atom. The van der Waals surface area contributed by atoms with Crippen molar-refractivity contribution in [1.29, 1.82) is 0 Å². The third-order valence-corrected chi connectivity index (χ3v) is 2.07. The monoisotopic (exact) mass is 191 g/mol. The van der Waals surface area contributed by atoms with Crippen molar-refractivity contribution in [3.63, 3.8) is 0 Å². The summed E-state index contributed by atoms with van der Waals surface area (Å²) in [6, 6.07) is 8.07. The molecule has 0 atom stereocenters. The van der Waals surface area contributed by atoms with Crippen LogP contribution in [0.5, 0.6) is 5.75 Å². The lowest BCUT2D eigenvalue weighted by atomic mass is 10.2. The van der Waals surface area contributed by atoms with E-state index < -0.39 is 0 Å². The van der Waals surface area contributed by atoms with Gasteiger partial charge >= 0.3 is 0 Å². The molecule has 0 amide bonds. The first-order chi connectivity index (χ1) is 6.63. The van der Waals surface area contributed by atoms with Crippen LogP contribution in [0.25, 0.3) is 0 Å². The number of hydrogen-bond acceptors (Lipinski definition) is 2. The molecule has 0 fully saturated rings. The zero-order valence-corrected chi connectivity index (χ0v) is 9.08. The summed E-state index contributed by atoms with van der Waals surface area (Å²) in [5, 5.41) is 0. The van der Waals surface area contributed by atoms with Crippen molar-refractivity contribution in [1.82, 2.24) is 4.90 Å². The molecule has 0 heterocycles. The van der Waals surface area contributed by atoms with Gasteiger partial charge in [-0.2, -0.15) is 0 Å². The lowest BCUT2D eigenvalue weighted by molar-refractivity contribution is 0.284. The van der Waals surface area contributed by atoms with E-state index in [1.807, 2.05) is 31.1 Å². The Kier molecular flexibility index (Phi) is 3.57. The number of hydrogen-bond donors (Lipinski definition) is 0. The Morgan fingerprint density at radius 3 is 2.29 bits per heavy atom. The smallest absolute Gasteiger partial charge is 0.188 e. The van der Waals surface area contributed by atoms with Crippen molar-refractivity contribution in [3.8, 4) is 5.75 Å². The summed E-state index contributed by atoms with van der Waals surface area (Å²) in [5.74, 6) is 1.48. The van der Waals surface area contributed by atoms with E-state index in [2.05, 4.69) is 25.6 Å². The van der Waals surface area contributed by atoms with Gasteiger partial charge in [-0.25, -0.2) is 0 Å². The highest BCUT2D eigenvalue weighted by Gasteiger charge is 1.99. The van der Waals surface area contributed by atoms with E-state index in [4.69, 9.17) is 4.74 Å². The normalized spacial score (nSPS) is 9.64. The highest BCUT2D eigenvalue weighted by Crippen LogP contribution is 2.15. The molecule has 0 saturated carbocycles. The Labute approximate surface area is 85.8 Å². The van der Waals surface area contributed by atoms with Crippen LogP contribution in [0.2, 0.25) is 0 Å². The van der Waals surface area contributed by atoms with Gasteiger partial charge in [0.2, 0.25) is 0 Å². The molecule has 0 spiro atoms. The molecule has 2 nitrogen and oxygen atoms in total. The first-order valence-electron chi connectivity index (χ1n) is 4.76. The summed E-state index contributed by atoms with van der Waals surface area (Å²) in [6.45, 7) is 5.93. The van der Waals surface area contributed by atoms with Gasteiger partial charge in [0, 0.05) is 14.1 Å². The van der Waals surface area contributed by atoms with Gasteiger partial charge < -0.3 is 9.64 Å². The van der Waals surface area contributed by atoms with E-state index in [-0.39, 0.29) is 0 Å². The fraction of sp³-hybridized carbons (Fsp3) is 0.333. The molecule has 1 aromatic carbocycles. The predicted molar refractivity (Wildman–Crippen MR) is 59.3 cm³/mol. The molecule has 14 heavy (non-hydrogen) atoms. The van der Waals surface area contributed by atoms with Crippen LogP contribution in [0.4, 0.5) is 0 Å². The molecular weight excluding hydrogens is 174 g/mol. The summed E-state index contributed by atoms with van der Waals surface area (Å²) in [7, 11) is 3.81. The van der Waals surface area contributed by atoms with Crippen molar-refractivity contribution >= 4 is 0 Å². The predicted octanol–water partition coefficient (Wildman–Crippen LogP) is 2.66. The second-order valence-corrected chi connectivity index (χ2v) is 3.39. The van der Waals surface area contributed by atoms with Gasteiger partial charge in [0.1, 0.15) is 5.75 Å². The first-order valence-corrected chi connectivity index (χ1v) is 4.76. The van der Waals surface area contributed by atoms with Crippen molar-refractivity contribution in [2.75, 3.05) is 14.1 Å². The van der Waals surface area contributed by atoms with Gasteiger partial charge in [0.25, 0.3) is 0 Å². The van der Waals surface area contributed by atoms with Gasteiger partial charge in [-0.15, -0.1) is 0 Å².